The van der Waals surface area contributed by atoms with Gasteiger partial charge in [0.2, 0.25) is 5.91 Å². The molecule has 4 N–H and O–H groups in total. The number of rotatable bonds is 5. The molecule has 7 nitrogen and oxygen atoms in total. The van der Waals surface area contributed by atoms with Crippen LogP contribution >= 0.6 is 0 Å². The number of fused-ring (bicyclic) bond motifs is 1. The average molecular weight is 399 g/mol. The first-order valence-electron chi connectivity index (χ1n) is 9.41. The van der Waals surface area contributed by atoms with E-state index < -0.39 is 5.91 Å². The molecule has 2 heterocycles. The number of aromatic amines is 1. The zero-order chi connectivity index (χ0) is 21.3. The zero-order valence-corrected chi connectivity index (χ0v) is 16.6. The summed E-state index contributed by atoms with van der Waals surface area (Å²) >= 11 is 0. The van der Waals surface area contributed by atoms with Crippen molar-refractivity contribution in [2.75, 3.05) is 5.32 Å². The van der Waals surface area contributed by atoms with E-state index in [9.17, 15) is 9.59 Å². The molecular weight excluding hydrogens is 378 g/mol. The van der Waals surface area contributed by atoms with Crippen LogP contribution in [0.5, 0.6) is 0 Å². The summed E-state index contributed by atoms with van der Waals surface area (Å²) in [5.74, 6) is -0.706. The molecular formula is C23H21N5O2. The SMILES string of the molecule is Cc1c(NC(=O)C=Cc2cnn(C)c2)cccc1-c1ccc(C(N)=O)c2[nH]ccc12. The number of carbonyl (C=O) groups is 2. The number of aryl methyl sites for hydroxylation is 1. The molecule has 0 radical (unpaired) electrons. The van der Waals surface area contributed by atoms with E-state index in [2.05, 4.69) is 15.4 Å². The summed E-state index contributed by atoms with van der Waals surface area (Å²) in [7, 11) is 1.82. The fourth-order valence-electron chi connectivity index (χ4n) is 3.53. The van der Waals surface area contributed by atoms with Crippen molar-refractivity contribution in [2.24, 2.45) is 12.8 Å². The van der Waals surface area contributed by atoms with Gasteiger partial charge in [0, 0.05) is 42.2 Å². The number of aromatic nitrogens is 3. The monoisotopic (exact) mass is 399 g/mol. The van der Waals surface area contributed by atoms with E-state index in [0.717, 1.165) is 33.3 Å². The van der Waals surface area contributed by atoms with Gasteiger partial charge in [-0.2, -0.15) is 5.10 Å². The Balaban J connectivity index is 1.65. The first-order chi connectivity index (χ1) is 14.4. The largest absolute Gasteiger partial charge is 0.366 e. The normalized spacial score (nSPS) is 11.3. The predicted octanol–water partition coefficient (Wildman–Crippen LogP) is 3.63. The van der Waals surface area contributed by atoms with Gasteiger partial charge in [-0.1, -0.05) is 18.2 Å². The van der Waals surface area contributed by atoms with Crippen LogP contribution in [0.4, 0.5) is 5.69 Å². The van der Waals surface area contributed by atoms with E-state index >= 15 is 0 Å². The number of hydrogen-bond acceptors (Lipinski definition) is 3. The minimum Gasteiger partial charge on any atom is -0.366 e. The number of anilines is 1. The van der Waals surface area contributed by atoms with Gasteiger partial charge in [-0.15, -0.1) is 0 Å². The van der Waals surface area contributed by atoms with Gasteiger partial charge in [0.25, 0.3) is 5.91 Å². The number of primary amides is 1. The highest BCUT2D eigenvalue weighted by atomic mass is 16.1. The Morgan fingerprint density at radius 1 is 1.17 bits per heavy atom. The molecule has 7 heteroatoms. The summed E-state index contributed by atoms with van der Waals surface area (Å²) in [6.45, 7) is 1.95. The van der Waals surface area contributed by atoms with Crippen molar-refractivity contribution in [1.29, 1.82) is 0 Å². The first kappa shape index (κ1) is 19.2. The summed E-state index contributed by atoms with van der Waals surface area (Å²) in [5.41, 5.74) is 11.0. The van der Waals surface area contributed by atoms with Crippen LogP contribution in [0.2, 0.25) is 0 Å². The number of nitrogens with two attached hydrogens (primary N) is 1. The number of hydrogen-bond donors (Lipinski definition) is 3. The highest BCUT2D eigenvalue weighted by Gasteiger charge is 2.15. The van der Waals surface area contributed by atoms with E-state index in [0.29, 0.717) is 11.1 Å². The van der Waals surface area contributed by atoms with Crippen molar-refractivity contribution in [3.63, 3.8) is 0 Å². The Labute approximate surface area is 173 Å². The van der Waals surface area contributed by atoms with Crippen LogP contribution in [0.15, 0.2) is 61.1 Å². The smallest absolute Gasteiger partial charge is 0.250 e. The third-order valence-corrected chi connectivity index (χ3v) is 5.02. The Bertz CT molecular complexity index is 1300. The molecule has 0 unspecified atom stereocenters. The number of H-pyrrole nitrogens is 1. The topological polar surface area (TPSA) is 106 Å². The minimum absolute atomic E-state index is 0.227. The lowest BCUT2D eigenvalue weighted by atomic mass is 9.94. The maximum atomic E-state index is 12.4. The highest BCUT2D eigenvalue weighted by molar-refractivity contribution is 6.10. The lowest BCUT2D eigenvalue weighted by Gasteiger charge is -2.13. The van der Waals surface area contributed by atoms with Crippen molar-refractivity contribution in [3.05, 3.63) is 77.8 Å². The van der Waals surface area contributed by atoms with Gasteiger partial charge in [-0.3, -0.25) is 14.3 Å². The molecule has 0 aliphatic rings. The Morgan fingerprint density at radius 3 is 2.73 bits per heavy atom. The van der Waals surface area contributed by atoms with Gasteiger partial charge in [0.1, 0.15) is 0 Å². The van der Waals surface area contributed by atoms with Crippen molar-refractivity contribution in [3.8, 4) is 11.1 Å². The standard InChI is InChI=1S/C23H21N5O2/c1-14-16(17-7-8-19(23(24)30)22-18(17)10-11-25-22)4-3-5-20(14)27-21(29)9-6-15-12-26-28(2)13-15/h3-13,25H,1-2H3,(H2,24,30)(H,27,29). The van der Waals surface area contributed by atoms with E-state index in [1.54, 1.807) is 29.2 Å². The molecule has 0 aliphatic carbocycles. The van der Waals surface area contributed by atoms with Gasteiger partial charge < -0.3 is 16.0 Å². The molecule has 4 rings (SSSR count). The van der Waals surface area contributed by atoms with Crippen LogP contribution in [0.1, 0.15) is 21.5 Å². The second-order valence-electron chi connectivity index (χ2n) is 7.04. The molecule has 0 saturated heterocycles. The molecule has 2 aromatic carbocycles. The average Bonchev–Trinajstić information content (AvgIpc) is 3.36. The highest BCUT2D eigenvalue weighted by Crippen LogP contribution is 2.34. The van der Waals surface area contributed by atoms with Crippen LogP contribution in [0, 0.1) is 6.92 Å². The summed E-state index contributed by atoms with van der Waals surface area (Å²) in [6.07, 6.45) is 8.49. The molecule has 0 atom stereocenters. The molecule has 0 saturated carbocycles. The third kappa shape index (κ3) is 3.60. The Morgan fingerprint density at radius 2 is 2.00 bits per heavy atom. The van der Waals surface area contributed by atoms with Crippen LogP contribution in [-0.2, 0) is 11.8 Å². The van der Waals surface area contributed by atoms with E-state index in [1.807, 2.05) is 50.5 Å². The van der Waals surface area contributed by atoms with Crippen molar-refractivity contribution in [1.82, 2.24) is 14.8 Å². The van der Waals surface area contributed by atoms with Crippen molar-refractivity contribution >= 4 is 34.5 Å². The molecule has 0 spiro atoms. The van der Waals surface area contributed by atoms with Gasteiger partial charge in [0.05, 0.1) is 17.3 Å². The molecule has 4 aromatic rings. The summed E-state index contributed by atoms with van der Waals surface area (Å²) in [4.78, 5) is 27.2. The molecule has 0 fully saturated rings. The molecule has 150 valence electrons. The van der Waals surface area contributed by atoms with Crippen LogP contribution < -0.4 is 11.1 Å². The van der Waals surface area contributed by atoms with Crippen LogP contribution in [-0.4, -0.2) is 26.6 Å². The summed E-state index contributed by atoms with van der Waals surface area (Å²) in [5, 5.41) is 7.91. The number of benzene rings is 2. The molecule has 2 amide bonds. The minimum atomic E-state index is -0.480. The molecule has 30 heavy (non-hydrogen) atoms. The Hall–Kier alpha value is -4.13. The van der Waals surface area contributed by atoms with Gasteiger partial charge >= 0.3 is 0 Å². The number of nitrogens with one attached hydrogen (secondary N) is 2. The maximum absolute atomic E-state index is 12.4. The molecule has 0 bridgehead atoms. The predicted molar refractivity (Wildman–Crippen MR) is 118 cm³/mol. The van der Waals surface area contributed by atoms with E-state index in [-0.39, 0.29) is 5.91 Å². The van der Waals surface area contributed by atoms with Crippen molar-refractivity contribution < 1.29 is 9.59 Å². The molecule has 2 aromatic heterocycles. The first-order valence-corrected chi connectivity index (χ1v) is 9.41. The fraction of sp³-hybridized carbons (Fsp3) is 0.0870. The zero-order valence-electron chi connectivity index (χ0n) is 16.6. The lowest BCUT2D eigenvalue weighted by molar-refractivity contribution is -0.111. The van der Waals surface area contributed by atoms with Crippen molar-refractivity contribution in [2.45, 2.75) is 6.92 Å². The second-order valence-corrected chi connectivity index (χ2v) is 7.04. The van der Waals surface area contributed by atoms with Crippen LogP contribution in [0.25, 0.3) is 28.1 Å². The lowest BCUT2D eigenvalue weighted by Crippen LogP contribution is -2.11. The maximum Gasteiger partial charge on any atom is 0.250 e. The number of nitrogens with zero attached hydrogens (tertiary/aromatic N) is 2. The molecule has 0 aliphatic heterocycles. The van der Waals surface area contributed by atoms with Crippen LogP contribution in [0.3, 0.4) is 0 Å². The van der Waals surface area contributed by atoms with Gasteiger partial charge in [-0.05, 0) is 47.9 Å². The van der Waals surface area contributed by atoms with Gasteiger partial charge in [-0.25, -0.2) is 0 Å². The van der Waals surface area contributed by atoms with E-state index in [1.165, 1.54) is 6.08 Å². The summed E-state index contributed by atoms with van der Waals surface area (Å²) in [6, 6.07) is 11.3. The van der Waals surface area contributed by atoms with E-state index in [4.69, 9.17) is 5.73 Å². The van der Waals surface area contributed by atoms with Gasteiger partial charge in [0.15, 0.2) is 0 Å². The Kier molecular flexibility index (Phi) is 4.93. The summed E-state index contributed by atoms with van der Waals surface area (Å²) < 4.78 is 1.68. The third-order valence-electron chi connectivity index (χ3n) is 5.02. The number of amides is 2. The number of carbonyl (C=O) groups excluding carboxylic acids is 2. The quantitative estimate of drug-likeness (QED) is 0.446. The second kappa shape index (κ2) is 7.71. The fourth-order valence-corrected chi connectivity index (χ4v) is 3.53.